The minimum absolute atomic E-state index is 0.468. The lowest BCUT2D eigenvalue weighted by molar-refractivity contribution is -0.136. The molecule has 0 aliphatic heterocycles. The van der Waals surface area contributed by atoms with Crippen molar-refractivity contribution in [2.45, 2.75) is 17.4 Å². The van der Waals surface area contributed by atoms with Gasteiger partial charge in [-0.15, -0.1) is 11.8 Å². The molecule has 1 atom stereocenters. The van der Waals surface area contributed by atoms with Crippen LogP contribution in [-0.2, 0) is 17.0 Å². The number of rotatable bonds is 6. The van der Waals surface area contributed by atoms with Crippen molar-refractivity contribution in [1.29, 1.82) is 0 Å². The van der Waals surface area contributed by atoms with Gasteiger partial charge in [0.05, 0.1) is 5.69 Å². The average molecular weight is 274 g/mol. The standard InChI is InChI=1S/C14H14N2O2S/c17-14(18)13(8-11-4-2-1-3-5-11)19-10-12-9-15-6-7-16-12/h1-7,9,13H,8,10H2,(H,17,18). The second-order valence-corrected chi connectivity index (χ2v) is 5.22. The van der Waals surface area contributed by atoms with Crippen molar-refractivity contribution in [2.75, 3.05) is 0 Å². The Labute approximate surface area is 115 Å². The Morgan fingerprint density at radius 1 is 1.26 bits per heavy atom. The zero-order valence-corrected chi connectivity index (χ0v) is 11.1. The molecule has 0 bridgehead atoms. The summed E-state index contributed by atoms with van der Waals surface area (Å²) in [6.45, 7) is 0. The smallest absolute Gasteiger partial charge is 0.316 e. The van der Waals surface area contributed by atoms with Crippen LogP contribution in [0.2, 0.25) is 0 Å². The summed E-state index contributed by atoms with van der Waals surface area (Å²) in [5, 5.41) is 8.79. The summed E-state index contributed by atoms with van der Waals surface area (Å²) in [4.78, 5) is 19.4. The van der Waals surface area contributed by atoms with Crippen molar-refractivity contribution in [3.05, 3.63) is 60.2 Å². The summed E-state index contributed by atoms with van der Waals surface area (Å²) in [6.07, 6.45) is 5.39. The van der Waals surface area contributed by atoms with E-state index in [0.717, 1.165) is 11.3 Å². The molecular weight excluding hydrogens is 260 g/mol. The quantitative estimate of drug-likeness (QED) is 0.876. The summed E-state index contributed by atoms with van der Waals surface area (Å²) in [5.74, 6) is -0.241. The zero-order chi connectivity index (χ0) is 13.5. The number of benzene rings is 1. The second kappa shape index (κ2) is 6.89. The third kappa shape index (κ3) is 4.37. The minimum atomic E-state index is -0.794. The van der Waals surface area contributed by atoms with Crippen molar-refractivity contribution in [2.24, 2.45) is 0 Å². The lowest BCUT2D eigenvalue weighted by atomic mass is 10.1. The Bertz CT molecular complexity index is 519. The van der Waals surface area contributed by atoms with E-state index in [0.29, 0.717) is 12.2 Å². The Morgan fingerprint density at radius 3 is 2.68 bits per heavy atom. The van der Waals surface area contributed by atoms with E-state index in [1.54, 1.807) is 18.6 Å². The van der Waals surface area contributed by atoms with Crippen LogP contribution in [0.5, 0.6) is 0 Å². The first-order chi connectivity index (χ1) is 9.25. The van der Waals surface area contributed by atoms with Crippen LogP contribution >= 0.6 is 11.8 Å². The molecule has 0 spiro atoms. The van der Waals surface area contributed by atoms with Crippen LogP contribution in [0, 0.1) is 0 Å². The van der Waals surface area contributed by atoms with E-state index in [2.05, 4.69) is 9.97 Å². The number of aliphatic carboxylic acids is 1. The van der Waals surface area contributed by atoms with Crippen molar-refractivity contribution in [1.82, 2.24) is 9.97 Å². The van der Waals surface area contributed by atoms with Crippen LogP contribution in [0.3, 0.4) is 0 Å². The second-order valence-electron chi connectivity index (χ2n) is 4.02. The van der Waals surface area contributed by atoms with Gasteiger partial charge < -0.3 is 5.11 Å². The fraction of sp³-hybridized carbons (Fsp3) is 0.214. The van der Waals surface area contributed by atoms with Crippen LogP contribution in [0.1, 0.15) is 11.3 Å². The van der Waals surface area contributed by atoms with E-state index < -0.39 is 11.2 Å². The molecule has 1 heterocycles. The first-order valence-corrected chi connectivity index (χ1v) is 6.94. The van der Waals surface area contributed by atoms with Gasteiger partial charge in [0.25, 0.3) is 0 Å². The molecule has 5 heteroatoms. The maximum absolute atomic E-state index is 11.3. The summed E-state index contributed by atoms with van der Waals surface area (Å²) < 4.78 is 0. The average Bonchev–Trinajstić information content (AvgIpc) is 2.45. The van der Waals surface area contributed by atoms with Gasteiger partial charge in [0, 0.05) is 24.3 Å². The highest BCUT2D eigenvalue weighted by molar-refractivity contribution is 7.99. The molecule has 0 amide bonds. The highest BCUT2D eigenvalue weighted by atomic mass is 32.2. The predicted molar refractivity (Wildman–Crippen MR) is 74.9 cm³/mol. The van der Waals surface area contributed by atoms with E-state index in [1.807, 2.05) is 30.3 Å². The largest absolute Gasteiger partial charge is 0.480 e. The Morgan fingerprint density at radius 2 is 2.05 bits per heavy atom. The van der Waals surface area contributed by atoms with Crippen molar-refractivity contribution >= 4 is 17.7 Å². The highest BCUT2D eigenvalue weighted by Crippen LogP contribution is 2.20. The van der Waals surface area contributed by atoms with Crippen LogP contribution in [-0.4, -0.2) is 26.3 Å². The third-order valence-corrected chi connectivity index (χ3v) is 3.82. The Kier molecular flexibility index (Phi) is 4.92. The van der Waals surface area contributed by atoms with E-state index in [1.165, 1.54) is 11.8 Å². The number of carbonyl (C=O) groups is 1. The number of hydrogen-bond acceptors (Lipinski definition) is 4. The van der Waals surface area contributed by atoms with Gasteiger partial charge in [0.15, 0.2) is 0 Å². The molecule has 1 aromatic carbocycles. The number of carboxylic acid groups (broad SMARTS) is 1. The molecule has 0 fully saturated rings. The number of hydrogen-bond donors (Lipinski definition) is 1. The zero-order valence-electron chi connectivity index (χ0n) is 10.3. The summed E-state index contributed by atoms with van der Waals surface area (Å²) in [6, 6.07) is 9.65. The molecule has 1 unspecified atom stereocenters. The molecule has 0 saturated carbocycles. The van der Waals surface area contributed by atoms with Crippen LogP contribution < -0.4 is 0 Å². The molecule has 1 aromatic heterocycles. The van der Waals surface area contributed by atoms with E-state index in [9.17, 15) is 9.90 Å². The Hall–Kier alpha value is -1.88. The van der Waals surface area contributed by atoms with Gasteiger partial charge in [0.2, 0.25) is 0 Å². The van der Waals surface area contributed by atoms with Gasteiger partial charge in [-0.25, -0.2) is 0 Å². The lowest BCUT2D eigenvalue weighted by Crippen LogP contribution is -2.19. The van der Waals surface area contributed by atoms with Crippen molar-refractivity contribution in [3.8, 4) is 0 Å². The van der Waals surface area contributed by atoms with E-state index in [4.69, 9.17) is 0 Å². The fourth-order valence-corrected chi connectivity index (χ4v) is 2.61. The maximum Gasteiger partial charge on any atom is 0.316 e. The fourth-order valence-electron chi connectivity index (χ4n) is 1.64. The summed E-state index contributed by atoms with van der Waals surface area (Å²) >= 11 is 1.38. The molecule has 2 aromatic rings. The molecule has 4 nitrogen and oxygen atoms in total. The van der Waals surface area contributed by atoms with Gasteiger partial charge in [-0.05, 0) is 12.0 Å². The normalized spacial score (nSPS) is 12.0. The van der Waals surface area contributed by atoms with Crippen LogP contribution in [0.4, 0.5) is 0 Å². The van der Waals surface area contributed by atoms with Crippen molar-refractivity contribution in [3.63, 3.8) is 0 Å². The number of thioether (sulfide) groups is 1. The molecule has 2 rings (SSSR count). The molecular formula is C14H14N2O2S. The van der Waals surface area contributed by atoms with Gasteiger partial charge in [-0.1, -0.05) is 30.3 Å². The molecule has 0 aliphatic rings. The van der Waals surface area contributed by atoms with Gasteiger partial charge in [-0.2, -0.15) is 0 Å². The first kappa shape index (κ1) is 13.5. The molecule has 0 radical (unpaired) electrons. The molecule has 98 valence electrons. The predicted octanol–water partition coefficient (Wildman–Crippen LogP) is 2.41. The summed E-state index contributed by atoms with van der Waals surface area (Å²) in [5.41, 5.74) is 1.83. The molecule has 19 heavy (non-hydrogen) atoms. The summed E-state index contributed by atoms with van der Waals surface area (Å²) in [7, 11) is 0. The van der Waals surface area contributed by atoms with Gasteiger partial charge in [0.1, 0.15) is 5.25 Å². The topological polar surface area (TPSA) is 63.1 Å². The Balaban J connectivity index is 1.95. The van der Waals surface area contributed by atoms with E-state index >= 15 is 0 Å². The van der Waals surface area contributed by atoms with Crippen LogP contribution in [0.25, 0.3) is 0 Å². The van der Waals surface area contributed by atoms with Gasteiger partial charge >= 0.3 is 5.97 Å². The van der Waals surface area contributed by atoms with E-state index in [-0.39, 0.29) is 0 Å². The molecule has 0 saturated heterocycles. The van der Waals surface area contributed by atoms with Gasteiger partial charge in [-0.3, -0.25) is 14.8 Å². The third-order valence-electron chi connectivity index (χ3n) is 2.59. The number of carboxylic acids is 1. The van der Waals surface area contributed by atoms with Crippen LogP contribution in [0.15, 0.2) is 48.9 Å². The number of aromatic nitrogens is 2. The molecule has 0 aliphatic carbocycles. The lowest BCUT2D eigenvalue weighted by Gasteiger charge is -2.11. The SMILES string of the molecule is O=C(O)C(Cc1ccccc1)SCc1cnccn1. The maximum atomic E-state index is 11.3. The molecule has 1 N–H and O–H groups in total. The minimum Gasteiger partial charge on any atom is -0.480 e. The number of nitrogens with zero attached hydrogens (tertiary/aromatic N) is 2. The highest BCUT2D eigenvalue weighted by Gasteiger charge is 2.18. The first-order valence-electron chi connectivity index (χ1n) is 5.89. The monoisotopic (exact) mass is 274 g/mol. The van der Waals surface area contributed by atoms with Crippen molar-refractivity contribution < 1.29 is 9.90 Å².